The first-order valence-electron chi connectivity index (χ1n) is 8.59. The summed E-state index contributed by atoms with van der Waals surface area (Å²) in [5.74, 6) is 0.841. The summed E-state index contributed by atoms with van der Waals surface area (Å²) in [6, 6.07) is 12.3. The van der Waals surface area contributed by atoms with Crippen molar-refractivity contribution < 1.29 is 8.78 Å². The van der Waals surface area contributed by atoms with Crippen LogP contribution < -0.4 is 10.2 Å². The summed E-state index contributed by atoms with van der Waals surface area (Å²) in [5.41, 5.74) is 3.99. The number of aromatic nitrogens is 2. The zero-order valence-electron chi connectivity index (χ0n) is 14.4. The molecule has 0 saturated heterocycles. The third-order valence-electron chi connectivity index (χ3n) is 4.62. The van der Waals surface area contributed by atoms with Crippen LogP contribution in [-0.2, 0) is 0 Å². The molecule has 7 heteroatoms. The largest absolute Gasteiger partial charge is 0.378 e. The molecule has 0 amide bonds. The number of thioether (sulfide) groups is 1. The normalized spacial score (nSPS) is 15.3. The van der Waals surface area contributed by atoms with Crippen LogP contribution in [-0.4, -0.2) is 35.5 Å². The molecule has 4 rings (SSSR count). The van der Waals surface area contributed by atoms with Gasteiger partial charge in [0.25, 0.3) is 6.43 Å². The molecule has 1 atom stereocenters. The van der Waals surface area contributed by atoms with Crippen molar-refractivity contribution in [3.8, 4) is 0 Å². The molecular weight excluding hydrogens is 354 g/mol. The van der Waals surface area contributed by atoms with Gasteiger partial charge >= 0.3 is 0 Å². The maximum atomic E-state index is 12.9. The molecule has 1 unspecified atom stereocenters. The Hall–Kier alpha value is -2.28. The van der Waals surface area contributed by atoms with Gasteiger partial charge in [0, 0.05) is 34.3 Å². The minimum atomic E-state index is -2.33. The number of hydrogen-bond donors (Lipinski definition) is 2. The van der Waals surface area contributed by atoms with Crippen LogP contribution in [0.4, 0.5) is 20.2 Å². The lowest BCUT2D eigenvalue weighted by Gasteiger charge is -2.31. The van der Waals surface area contributed by atoms with Gasteiger partial charge in [-0.05, 0) is 42.8 Å². The number of nitrogens with one attached hydrogen (secondary N) is 2. The molecule has 0 fully saturated rings. The monoisotopic (exact) mass is 374 g/mol. The Bertz CT molecular complexity index is 911. The molecule has 2 aromatic carbocycles. The first-order chi connectivity index (χ1) is 12.6. The van der Waals surface area contributed by atoms with Crippen LogP contribution in [0.15, 0.2) is 47.5 Å². The van der Waals surface area contributed by atoms with Crippen molar-refractivity contribution in [1.29, 1.82) is 0 Å². The minimum Gasteiger partial charge on any atom is -0.378 e. The summed E-state index contributed by atoms with van der Waals surface area (Å²) in [6.45, 7) is 2.52. The van der Waals surface area contributed by atoms with Gasteiger partial charge in [0.15, 0.2) is 0 Å². The number of hydrogen-bond acceptors (Lipinski definition) is 4. The van der Waals surface area contributed by atoms with Crippen molar-refractivity contribution in [3.05, 3.63) is 48.2 Å². The lowest BCUT2D eigenvalue weighted by molar-refractivity contribution is 0.155. The molecule has 3 aromatic rings. The van der Waals surface area contributed by atoms with Gasteiger partial charge in [0.2, 0.25) is 0 Å². The molecule has 1 aliphatic heterocycles. The van der Waals surface area contributed by atoms with Gasteiger partial charge in [-0.2, -0.15) is 5.10 Å². The second-order valence-corrected chi connectivity index (χ2v) is 7.59. The van der Waals surface area contributed by atoms with E-state index in [1.807, 2.05) is 30.5 Å². The van der Waals surface area contributed by atoms with Crippen LogP contribution in [0.25, 0.3) is 10.9 Å². The molecular formula is C19H20F2N4S. The standard InChI is InChI=1S/C19H20F2N4S/c1-12(13-2-4-16-14(8-13)10-22-24-16)23-15-3-5-18-17(9-15)25(6-7-26-18)11-19(20)21/h2-5,8-10,12,19,23H,6-7,11H2,1H3,(H,22,24). The summed E-state index contributed by atoms with van der Waals surface area (Å²) in [5, 5.41) is 11.6. The Kier molecular flexibility index (Phi) is 4.72. The van der Waals surface area contributed by atoms with Crippen molar-refractivity contribution in [2.24, 2.45) is 0 Å². The van der Waals surface area contributed by atoms with Crippen molar-refractivity contribution in [2.45, 2.75) is 24.3 Å². The molecule has 0 spiro atoms. The summed E-state index contributed by atoms with van der Waals surface area (Å²) in [4.78, 5) is 2.85. The Morgan fingerprint density at radius 3 is 3.00 bits per heavy atom. The molecule has 2 heterocycles. The zero-order chi connectivity index (χ0) is 18.1. The van der Waals surface area contributed by atoms with Gasteiger partial charge < -0.3 is 10.2 Å². The van der Waals surface area contributed by atoms with Gasteiger partial charge in [-0.3, -0.25) is 5.10 Å². The van der Waals surface area contributed by atoms with Crippen molar-refractivity contribution >= 4 is 34.0 Å². The second kappa shape index (κ2) is 7.15. The summed E-state index contributed by atoms with van der Waals surface area (Å²) in [6.07, 6.45) is -0.521. The van der Waals surface area contributed by atoms with E-state index in [9.17, 15) is 8.78 Å². The Balaban J connectivity index is 1.56. The molecule has 136 valence electrons. The number of benzene rings is 2. The number of H-pyrrole nitrogens is 1. The topological polar surface area (TPSA) is 44.0 Å². The fraction of sp³-hybridized carbons (Fsp3) is 0.316. The third kappa shape index (κ3) is 3.49. The number of nitrogens with zero attached hydrogens (tertiary/aromatic N) is 2. The van der Waals surface area contributed by atoms with Crippen molar-refractivity contribution in [2.75, 3.05) is 29.1 Å². The van der Waals surface area contributed by atoms with Gasteiger partial charge in [0.05, 0.1) is 23.9 Å². The van der Waals surface area contributed by atoms with E-state index in [1.54, 1.807) is 16.7 Å². The van der Waals surface area contributed by atoms with E-state index in [4.69, 9.17) is 0 Å². The number of fused-ring (bicyclic) bond motifs is 2. The molecule has 0 saturated carbocycles. The molecule has 1 aromatic heterocycles. The van der Waals surface area contributed by atoms with Crippen molar-refractivity contribution in [3.63, 3.8) is 0 Å². The van der Waals surface area contributed by atoms with E-state index in [0.29, 0.717) is 6.54 Å². The molecule has 0 bridgehead atoms. The average molecular weight is 374 g/mol. The number of rotatable bonds is 5. The lowest BCUT2D eigenvalue weighted by atomic mass is 10.1. The summed E-state index contributed by atoms with van der Waals surface area (Å²) in [7, 11) is 0. The summed E-state index contributed by atoms with van der Waals surface area (Å²) >= 11 is 1.72. The Morgan fingerprint density at radius 2 is 2.15 bits per heavy atom. The number of aromatic amines is 1. The zero-order valence-corrected chi connectivity index (χ0v) is 15.2. The van der Waals surface area contributed by atoms with Gasteiger partial charge in [0.1, 0.15) is 0 Å². The predicted molar refractivity (Wildman–Crippen MR) is 104 cm³/mol. The molecule has 2 N–H and O–H groups in total. The first kappa shape index (κ1) is 17.1. The van der Waals surface area contributed by atoms with Gasteiger partial charge in [-0.15, -0.1) is 11.8 Å². The second-order valence-electron chi connectivity index (χ2n) is 6.45. The molecule has 0 radical (unpaired) electrons. The highest BCUT2D eigenvalue weighted by atomic mass is 32.2. The number of alkyl halides is 2. The minimum absolute atomic E-state index is 0.0899. The van der Waals surface area contributed by atoms with Crippen LogP contribution in [0, 0.1) is 0 Å². The molecule has 1 aliphatic rings. The maximum Gasteiger partial charge on any atom is 0.255 e. The molecule has 0 aliphatic carbocycles. The average Bonchev–Trinajstić information content (AvgIpc) is 3.09. The Labute approximate surface area is 155 Å². The number of halogens is 2. The SMILES string of the molecule is CC(Nc1ccc2c(c1)N(CC(F)F)CCS2)c1ccc2[nH]ncc2c1. The van der Waals surface area contributed by atoms with E-state index >= 15 is 0 Å². The van der Waals surface area contributed by atoms with E-state index in [1.165, 1.54) is 0 Å². The predicted octanol–water partition coefficient (Wildman–Crippen LogP) is 4.91. The highest BCUT2D eigenvalue weighted by Gasteiger charge is 2.21. The fourth-order valence-corrected chi connectivity index (χ4v) is 4.31. The maximum absolute atomic E-state index is 12.9. The van der Waals surface area contributed by atoms with Crippen LogP contribution >= 0.6 is 11.8 Å². The van der Waals surface area contributed by atoms with E-state index in [-0.39, 0.29) is 12.6 Å². The fourth-order valence-electron chi connectivity index (χ4n) is 3.28. The summed E-state index contributed by atoms with van der Waals surface area (Å²) < 4.78 is 25.7. The molecule has 4 nitrogen and oxygen atoms in total. The third-order valence-corrected chi connectivity index (χ3v) is 5.67. The molecule has 26 heavy (non-hydrogen) atoms. The quantitative estimate of drug-likeness (QED) is 0.666. The highest BCUT2D eigenvalue weighted by molar-refractivity contribution is 7.99. The van der Waals surface area contributed by atoms with E-state index in [2.05, 4.69) is 34.6 Å². The van der Waals surface area contributed by atoms with Crippen LogP contribution in [0.1, 0.15) is 18.5 Å². The van der Waals surface area contributed by atoms with E-state index < -0.39 is 6.43 Å². The highest BCUT2D eigenvalue weighted by Crippen LogP contribution is 2.37. The lowest BCUT2D eigenvalue weighted by Crippen LogP contribution is -2.33. The van der Waals surface area contributed by atoms with Crippen LogP contribution in [0.2, 0.25) is 0 Å². The van der Waals surface area contributed by atoms with Crippen LogP contribution in [0.5, 0.6) is 0 Å². The Morgan fingerprint density at radius 1 is 1.27 bits per heavy atom. The van der Waals surface area contributed by atoms with Gasteiger partial charge in [-0.25, -0.2) is 8.78 Å². The van der Waals surface area contributed by atoms with Gasteiger partial charge in [-0.1, -0.05) is 6.07 Å². The van der Waals surface area contributed by atoms with Crippen molar-refractivity contribution in [1.82, 2.24) is 10.2 Å². The number of anilines is 2. The van der Waals surface area contributed by atoms with Crippen LogP contribution in [0.3, 0.4) is 0 Å². The first-order valence-corrected chi connectivity index (χ1v) is 9.58. The van der Waals surface area contributed by atoms with E-state index in [0.717, 1.165) is 38.5 Å². The smallest absolute Gasteiger partial charge is 0.255 e.